The van der Waals surface area contributed by atoms with Crippen LogP contribution in [0.5, 0.6) is 11.5 Å². The van der Waals surface area contributed by atoms with Crippen molar-refractivity contribution in [3.63, 3.8) is 0 Å². The number of fused-ring (bicyclic) bond motifs is 2. The third-order valence-corrected chi connectivity index (χ3v) is 12.7. The molecule has 1 amide bonds. The van der Waals surface area contributed by atoms with Gasteiger partial charge in [-0.05, 0) is 91.0 Å². The number of benzene rings is 3. The summed E-state index contributed by atoms with van der Waals surface area (Å²) in [4.78, 5) is 35.7. The molecule has 2 heterocycles. The summed E-state index contributed by atoms with van der Waals surface area (Å²) < 4.78 is 26.9. The molecular formula is C49H62N4O10. The summed E-state index contributed by atoms with van der Waals surface area (Å²) in [7, 11) is 0. The molecule has 4 aliphatic rings. The number of unbranched alkanes of at least 4 members (excludes halogenated alkanes) is 2. The van der Waals surface area contributed by atoms with Crippen molar-refractivity contribution >= 4 is 17.5 Å². The fourth-order valence-corrected chi connectivity index (χ4v) is 9.64. The Morgan fingerprint density at radius 3 is 2.46 bits per heavy atom. The number of hydrogen-bond donors (Lipinski definition) is 2. The molecule has 6 atom stereocenters. The largest absolute Gasteiger partial charge is 0.492 e. The first-order valence-corrected chi connectivity index (χ1v) is 22.6. The van der Waals surface area contributed by atoms with Gasteiger partial charge >= 0.3 is 6.09 Å². The van der Waals surface area contributed by atoms with Gasteiger partial charge in [0, 0.05) is 69.4 Å². The van der Waals surface area contributed by atoms with Crippen LogP contribution in [0.1, 0.15) is 80.9 Å². The predicted octanol–water partition coefficient (Wildman–Crippen LogP) is 8.17. The van der Waals surface area contributed by atoms with Crippen molar-refractivity contribution in [3.05, 3.63) is 124 Å². The van der Waals surface area contributed by atoms with Crippen molar-refractivity contribution < 1.29 is 43.7 Å². The van der Waals surface area contributed by atoms with E-state index in [1.165, 1.54) is 12.1 Å². The Morgan fingerprint density at radius 2 is 1.76 bits per heavy atom. The van der Waals surface area contributed by atoms with Crippen LogP contribution in [0.4, 0.5) is 10.5 Å². The van der Waals surface area contributed by atoms with E-state index in [1.54, 1.807) is 23.1 Å². The Kier molecular flexibility index (Phi) is 15.9. The number of nitro benzene ring substituents is 1. The van der Waals surface area contributed by atoms with E-state index in [0.717, 1.165) is 67.8 Å². The van der Waals surface area contributed by atoms with Crippen LogP contribution in [0.3, 0.4) is 0 Å². The lowest BCUT2D eigenvalue weighted by Gasteiger charge is -2.59. The quantitative estimate of drug-likeness (QED) is 0.0293. The number of allylic oxidation sites excluding steroid dienone is 1. The number of ether oxygens (including phenoxy) is 4. The molecule has 1 saturated carbocycles. The second-order valence-corrected chi connectivity index (χ2v) is 16.9. The lowest BCUT2D eigenvalue weighted by atomic mass is 9.55. The molecule has 3 aromatic rings. The van der Waals surface area contributed by atoms with Crippen molar-refractivity contribution in [2.75, 3.05) is 52.6 Å². The van der Waals surface area contributed by atoms with E-state index in [1.807, 2.05) is 49.4 Å². The normalized spacial score (nSPS) is 24.0. The number of carbonyl (C=O) groups excluding carboxylic acids is 1. The van der Waals surface area contributed by atoms with Gasteiger partial charge in [-0.1, -0.05) is 67.4 Å². The highest BCUT2D eigenvalue weighted by molar-refractivity contribution is 6.03. The molecule has 2 aliphatic carbocycles. The summed E-state index contributed by atoms with van der Waals surface area (Å²) in [6.07, 6.45) is 8.86. The van der Waals surface area contributed by atoms with Crippen molar-refractivity contribution in [1.29, 1.82) is 0 Å². The Morgan fingerprint density at radius 1 is 1.02 bits per heavy atom. The molecule has 1 saturated heterocycles. The number of oxime groups is 1. The molecule has 0 radical (unpaired) electrons. The predicted molar refractivity (Wildman–Crippen MR) is 238 cm³/mol. The minimum Gasteiger partial charge on any atom is -0.492 e. The zero-order chi connectivity index (χ0) is 44.2. The first-order valence-electron chi connectivity index (χ1n) is 22.6. The Labute approximate surface area is 370 Å². The lowest BCUT2D eigenvalue weighted by Crippen LogP contribution is -2.70. The summed E-state index contributed by atoms with van der Waals surface area (Å²) in [6, 6.07) is 21.0. The number of nitrogens with zero attached hydrogens (tertiary/aromatic N) is 4. The zero-order valence-corrected chi connectivity index (χ0v) is 36.4. The van der Waals surface area contributed by atoms with E-state index in [2.05, 4.69) is 23.6 Å². The molecule has 0 unspecified atom stereocenters. The highest BCUT2D eigenvalue weighted by Crippen LogP contribution is 2.62. The number of hydrogen-bond acceptors (Lipinski definition) is 12. The number of non-ortho nitro benzene ring substituents is 1. The van der Waals surface area contributed by atoms with Gasteiger partial charge in [-0.2, -0.15) is 0 Å². The third kappa shape index (κ3) is 10.9. The first kappa shape index (κ1) is 45.7. The van der Waals surface area contributed by atoms with Crippen LogP contribution < -0.4 is 9.47 Å². The Hall–Kier alpha value is -5.28. The molecule has 2 fully saturated rings. The maximum atomic E-state index is 14.6. The van der Waals surface area contributed by atoms with Crippen LogP contribution >= 0.6 is 0 Å². The average molecular weight is 867 g/mol. The minimum atomic E-state index is -1.43. The molecule has 0 aromatic heterocycles. The summed E-state index contributed by atoms with van der Waals surface area (Å²) in [5.74, 6) is -0.632. The molecule has 7 rings (SSSR count). The van der Waals surface area contributed by atoms with Gasteiger partial charge in [-0.15, -0.1) is 6.58 Å². The molecule has 14 nitrogen and oxygen atoms in total. The van der Waals surface area contributed by atoms with Gasteiger partial charge in [-0.3, -0.25) is 19.9 Å². The highest BCUT2D eigenvalue weighted by Gasteiger charge is 2.65. The first-order chi connectivity index (χ1) is 30.8. The number of carbonyl (C=O) groups is 1. The van der Waals surface area contributed by atoms with E-state index in [0.29, 0.717) is 49.4 Å². The molecule has 14 heteroatoms. The van der Waals surface area contributed by atoms with E-state index in [-0.39, 0.29) is 62.9 Å². The van der Waals surface area contributed by atoms with Crippen LogP contribution in [-0.2, 0) is 27.5 Å². The molecule has 338 valence electrons. The number of nitro groups is 1. The van der Waals surface area contributed by atoms with Gasteiger partial charge in [-0.25, -0.2) is 4.79 Å². The topological polar surface area (TPSA) is 165 Å². The van der Waals surface area contributed by atoms with E-state index < -0.39 is 28.8 Å². The lowest BCUT2D eigenvalue weighted by molar-refractivity contribution is -0.384. The van der Waals surface area contributed by atoms with E-state index in [9.17, 15) is 25.1 Å². The molecular weight excluding hydrogens is 805 g/mol. The smallest absolute Gasteiger partial charge is 0.410 e. The molecule has 3 aromatic carbocycles. The van der Waals surface area contributed by atoms with Gasteiger partial charge in [0.25, 0.3) is 5.69 Å². The minimum absolute atomic E-state index is 0.0165. The van der Waals surface area contributed by atoms with Crippen LogP contribution in [0, 0.1) is 27.9 Å². The molecule has 63 heavy (non-hydrogen) atoms. The van der Waals surface area contributed by atoms with Gasteiger partial charge in [0.1, 0.15) is 37.4 Å². The zero-order valence-electron chi connectivity index (χ0n) is 36.4. The van der Waals surface area contributed by atoms with E-state index >= 15 is 0 Å². The van der Waals surface area contributed by atoms with Crippen molar-refractivity contribution in [2.24, 2.45) is 22.9 Å². The van der Waals surface area contributed by atoms with Crippen molar-refractivity contribution in [3.8, 4) is 11.5 Å². The third-order valence-electron chi connectivity index (χ3n) is 12.7. The fourth-order valence-electron chi connectivity index (χ4n) is 9.64. The second-order valence-electron chi connectivity index (χ2n) is 16.9. The SMILES string of the molecule is C=CCO[C@@]12Oc3ccc(OCCN4CC4)cc3[C@H]3[C@H](CCCCO)[C@@H](CCCCO)C=C(C(=NOCc4ccc([N+](=O)[O-])cc4)C[C@@H]1N(CCC)C(=O)OCc1ccccc1)[C@H]32. The molecule has 2 aliphatic heterocycles. The Bertz CT molecular complexity index is 2060. The fraction of sp³-hybridized carbons (Fsp3) is 0.510. The van der Waals surface area contributed by atoms with Crippen LogP contribution in [-0.4, -0.2) is 101 Å². The molecule has 0 bridgehead atoms. The van der Waals surface area contributed by atoms with Gasteiger partial charge in [0.15, 0.2) is 0 Å². The summed E-state index contributed by atoms with van der Waals surface area (Å²) in [5.41, 5.74) is 4.08. The van der Waals surface area contributed by atoms with Crippen LogP contribution in [0.2, 0.25) is 0 Å². The summed E-state index contributed by atoms with van der Waals surface area (Å²) in [5, 5.41) is 36.1. The summed E-state index contributed by atoms with van der Waals surface area (Å²) in [6.45, 7) is 10.4. The second kappa shape index (κ2) is 21.9. The number of aliphatic hydroxyl groups excluding tert-OH is 2. The van der Waals surface area contributed by atoms with Crippen LogP contribution in [0.15, 0.2) is 102 Å². The maximum Gasteiger partial charge on any atom is 0.410 e. The van der Waals surface area contributed by atoms with Gasteiger partial charge in [0.2, 0.25) is 5.79 Å². The van der Waals surface area contributed by atoms with Crippen LogP contribution in [0.25, 0.3) is 0 Å². The monoisotopic (exact) mass is 866 g/mol. The average Bonchev–Trinajstić information content (AvgIpc) is 4.13. The number of amides is 1. The number of rotatable bonds is 24. The highest BCUT2D eigenvalue weighted by atomic mass is 16.7. The summed E-state index contributed by atoms with van der Waals surface area (Å²) >= 11 is 0. The molecule has 2 N–H and O–H groups in total. The number of aliphatic hydroxyl groups is 2. The Balaban J connectivity index is 1.37. The standard InChI is InChI=1S/C49H62N4O10/c1-3-22-52(48(56)60-33-35-12-6-5-7-13-35)45-32-43(50-62-34-36-16-18-38(19-17-36)53(57)58)41-30-37(14-8-10-26-54)40(15-9-11-27-55)46-42-31-39(59-29-25-51-23-24-51)20-21-44(42)63-49(45,47(41)46)61-28-4-2/h4-7,12-13,16-21,30-31,37,40,45-47,54-55H,2-3,8-11,14-15,22-29,32-34H2,1H3/t37-,40+,45-,46+,47+,49+/m0/s1. The van der Waals surface area contributed by atoms with Gasteiger partial charge < -0.3 is 34.0 Å². The van der Waals surface area contributed by atoms with E-state index in [4.69, 9.17) is 28.9 Å². The van der Waals surface area contributed by atoms with Crippen molar-refractivity contribution in [2.45, 2.75) is 89.3 Å². The van der Waals surface area contributed by atoms with Crippen molar-refractivity contribution in [1.82, 2.24) is 9.80 Å². The van der Waals surface area contributed by atoms with Gasteiger partial charge in [0.05, 0.1) is 23.2 Å². The maximum absolute atomic E-state index is 14.6. The molecule has 0 spiro atoms.